The molecule has 0 fully saturated rings. The van der Waals surface area contributed by atoms with Gasteiger partial charge in [0.1, 0.15) is 6.61 Å². The first kappa shape index (κ1) is 15.9. The van der Waals surface area contributed by atoms with E-state index in [0.29, 0.717) is 0 Å². The number of carboxylic acids is 1. The van der Waals surface area contributed by atoms with Crippen molar-refractivity contribution >= 4 is 17.9 Å². The summed E-state index contributed by atoms with van der Waals surface area (Å²) in [5, 5.41) is 11.2. The molecule has 2 N–H and O–H groups in total. The monoisotopic (exact) mass is 350 g/mol. The van der Waals surface area contributed by atoms with Gasteiger partial charge in [0.05, 0.1) is 0 Å². The maximum atomic E-state index is 12.1. The van der Waals surface area contributed by atoms with Crippen LogP contribution in [0.1, 0.15) is 27.5 Å². The molecule has 0 aliphatic heterocycles. The van der Waals surface area contributed by atoms with Gasteiger partial charge in [0, 0.05) is 5.92 Å². The zero-order valence-corrected chi connectivity index (χ0v) is 13.5. The fraction of sp³-hybridized carbons (Fsp3) is 0.105. The molecule has 1 heterocycles. The zero-order chi connectivity index (χ0) is 18.1. The van der Waals surface area contributed by atoms with Gasteiger partial charge in [0.15, 0.2) is 6.39 Å². The van der Waals surface area contributed by atoms with Crippen LogP contribution in [0, 0.1) is 0 Å². The minimum absolute atomic E-state index is 0.0816. The number of ether oxygens (including phenoxy) is 1. The largest absolute Gasteiger partial charge is 0.476 e. The van der Waals surface area contributed by atoms with Crippen molar-refractivity contribution in [2.45, 2.75) is 5.92 Å². The highest BCUT2D eigenvalue weighted by Crippen LogP contribution is 2.44. The molecular weight excluding hydrogens is 336 g/mol. The molecule has 2 aromatic carbocycles. The van der Waals surface area contributed by atoms with Gasteiger partial charge in [-0.05, 0) is 22.3 Å². The number of carbonyl (C=O) groups is 2. The van der Waals surface area contributed by atoms with Crippen LogP contribution >= 0.6 is 0 Å². The maximum Gasteiger partial charge on any atom is 0.414 e. The number of benzene rings is 2. The van der Waals surface area contributed by atoms with E-state index in [9.17, 15) is 9.59 Å². The van der Waals surface area contributed by atoms with Gasteiger partial charge >= 0.3 is 12.1 Å². The summed E-state index contributed by atoms with van der Waals surface area (Å²) in [6, 6.07) is 16.0. The van der Waals surface area contributed by atoms with Crippen molar-refractivity contribution in [1.29, 1.82) is 0 Å². The summed E-state index contributed by atoms with van der Waals surface area (Å²) in [5.41, 5.74) is 4.05. The lowest BCUT2D eigenvalue weighted by molar-refractivity contribution is 0.0692. The van der Waals surface area contributed by atoms with Crippen molar-refractivity contribution in [3.63, 3.8) is 0 Å². The number of hydrogen-bond acceptors (Lipinski definition) is 5. The Balaban J connectivity index is 1.50. The van der Waals surface area contributed by atoms with Gasteiger partial charge < -0.3 is 14.3 Å². The van der Waals surface area contributed by atoms with Crippen LogP contribution in [0.2, 0.25) is 0 Å². The standard InChI is InChI=1S/C19H14N2O5/c22-18(23)16-17(26-10-20-16)21-19(24)25-9-15-13-7-3-1-5-11(13)12-6-2-4-8-14(12)15/h1-8,10,15H,9H2,(H,21,24)(H,22,23). The Labute approximate surface area is 148 Å². The van der Waals surface area contributed by atoms with Crippen LogP contribution in [0.25, 0.3) is 11.1 Å². The number of aromatic carboxylic acids is 1. The van der Waals surface area contributed by atoms with Crippen LogP contribution in [0.5, 0.6) is 0 Å². The minimum atomic E-state index is -1.30. The van der Waals surface area contributed by atoms with Gasteiger partial charge in [-0.1, -0.05) is 48.5 Å². The number of amides is 1. The molecule has 1 amide bonds. The third kappa shape index (κ3) is 2.69. The number of nitrogens with zero attached hydrogens (tertiary/aromatic N) is 1. The summed E-state index contributed by atoms with van der Waals surface area (Å²) < 4.78 is 10.2. The number of hydrogen-bond donors (Lipinski definition) is 2. The van der Waals surface area contributed by atoms with Gasteiger partial charge in [-0.2, -0.15) is 0 Å². The molecular formula is C19H14N2O5. The third-order valence-electron chi connectivity index (χ3n) is 4.33. The highest BCUT2D eigenvalue weighted by atomic mass is 16.6. The second-order valence-corrected chi connectivity index (χ2v) is 5.79. The molecule has 26 heavy (non-hydrogen) atoms. The fourth-order valence-corrected chi connectivity index (χ4v) is 3.21. The van der Waals surface area contributed by atoms with Crippen LogP contribution in [0.15, 0.2) is 59.3 Å². The van der Waals surface area contributed by atoms with E-state index in [2.05, 4.69) is 10.3 Å². The molecule has 0 unspecified atom stereocenters. The van der Waals surface area contributed by atoms with Gasteiger partial charge in [-0.3, -0.25) is 5.32 Å². The molecule has 7 nitrogen and oxygen atoms in total. The molecule has 0 radical (unpaired) electrons. The molecule has 3 aromatic rings. The summed E-state index contributed by atoms with van der Waals surface area (Å²) >= 11 is 0. The van der Waals surface area contributed by atoms with E-state index in [0.717, 1.165) is 28.6 Å². The number of fused-ring (bicyclic) bond motifs is 3. The molecule has 0 bridgehead atoms. The molecule has 1 aliphatic rings. The van der Waals surface area contributed by atoms with Crippen molar-refractivity contribution in [1.82, 2.24) is 4.98 Å². The average Bonchev–Trinajstić information content (AvgIpc) is 3.23. The molecule has 1 aliphatic carbocycles. The van der Waals surface area contributed by atoms with Crippen molar-refractivity contribution in [3.05, 3.63) is 71.7 Å². The first-order valence-corrected chi connectivity index (χ1v) is 7.94. The normalized spacial score (nSPS) is 12.3. The lowest BCUT2D eigenvalue weighted by Crippen LogP contribution is -2.18. The fourth-order valence-electron chi connectivity index (χ4n) is 3.21. The second-order valence-electron chi connectivity index (χ2n) is 5.79. The number of oxazole rings is 1. The highest BCUT2D eigenvalue weighted by molar-refractivity contribution is 5.95. The quantitative estimate of drug-likeness (QED) is 0.743. The molecule has 7 heteroatoms. The SMILES string of the molecule is O=C(Nc1ocnc1C(=O)O)OCC1c2ccccc2-c2ccccc21. The van der Waals surface area contributed by atoms with E-state index < -0.39 is 12.1 Å². The topological polar surface area (TPSA) is 102 Å². The molecule has 130 valence electrons. The van der Waals surface area contributed by atoms with Crippen LogP contribution < -0.4 is 5.32 Å². The molecule has 0 saturated heterocycles. The van der Waals surface area contributed by atoms with Crippen molar-refractivity contribution in [2.75, 3.05) is 11.9 Å². The number of aromatic nitrogens is 1. The van der Waals surface area contributed by atoms with Gasteiger partial charge in [-0.15, -0.1) is 0 Å². The Morgan fingerprint density at radius 1 is 1.08 bits per heavy atom. The van der Waals surface area contributed by atoms with Crippen LogP contribution in [0.3, 0.4) is 0 Å². The summed E-state index contributed by atoms with van der Waals surface area (Å²) in [7, 11) is 0. The molecule has 0 atom stereocenters. The van der Waals surface area contributed by atoms with E-state index >= 15 is 0 Å². The average molecular weight is 350 g/mol. The molecule has 0 spiro atoms. The summed E-state index contributed by atoms with van der Waals surface area (Å²) in [6.07, 6.45) is 0.147. The highest BCUT2D eigenvalue weighted by Gasteiger charge is 2.29. The Morgan fingerprint density at radius 3 is 2.31 bits per heavy atom. The lowest BCUT2D eigenvalue weighted by atomic mass is 9.98. The van der Waals surface area contributed by atoms with Crippen molar-refractivity contribution < 1.29 is 23.8 Å². The summed E-state index contributed by atoms with van der Waals surface area (Å²) in [4.78, 5) is 26.6. The van der Waals surface area contributed by atoms with E-state index in [4.69, 9.17) is 14.3 Å². The smallest absolute Gasteiger partial charge is 0.414 e. The van der Waals surface area contributed by atoms with Gasteiger partial charge in [-0.25, -0.2) is 14.6 Å². The van der Waals surface area contributed by atoms with Crippen molar-refractivity contribution in [2.24, 2.45) is 0 Å². The zero-order valence-electron chi connectivity index (χ0n) is 13.5. The van der Waals surface area contributed by atoms with E-state index in [1.54, 1.807) is 0 Å². The van der Waals surface area contributed by atoms with E-state index in [-0.39, 0.29) is 24.1 Å². The second kappa shape index (κ2) is 6.36. The Morgan fingerprint density at radius 2 is 1.69 bits per heavy atom. The Bertz CT molecular complexity index is 949. The van der Waals surface area contributed by atoms with Crippen LogP contribution in [-0.2, 0) is 4.74 Å². The van der Waals surface area contributed by atoms with Gasteiger partial charge in [0.25, 0.3) is 0 Å². The molecule has 0 saturated carbocycles. The Hall–Kier alpha value is -3.61. The number of nitrogens with one attached hydrogen (secondary N) is 1. The van der Waals surface area contributed by atoms with E-state index in [1.165, 1.54) is 0 Å². The number of carbonyl (C=O) groups excluding carboxylic acids is 1. The van der Waals surface area contributed by atoms with Crippen LogP contribution in [0.4, 0.5) is 10.7 Å². The van der Waals surface area contributed by atoms with Crippen LogP contribution in [-0.4, -0.2) is 28.8 Å². The number of carboxylic acid groups (broad SMARTS) is 1. The molecule has 1 aromatic heterocycles. The van der Waals surface area contributed by atoms with Gasteiger partial charge in [0.2, 0.25) is 11.6 Å². The first-order chi connectivity index (χ1) is 12.6. The predicted molar refractivity (Wildman–Crippen MR) is 92.2 cm³/mol. The lowest BCUT2D eigenvalue weighted by Gasteiger charge is -2.14. The number of rotatable bonds is 4. The predicted octanol–water partition coefficient (Wildman–Crippen LogP) is 3.73. The third-order valence-corrected chi connectivity index (χ3v) is 4.33. The minimum Gasteiger partial charge on any atom is -0.476 e. The number of anilines is 1. The van der Waals surface area contributed by atoms with Crippen molar-refractivity contribution in [3.8, 4) is 11.1 Å². The van der Waals surface area contributed by atoms with E-state index in [1.807, 2.05) is 48.5 Å². The summed E-state index contributed by atoms with van der Waals surface area (Å²) in [5.74, 6) is -1.63. The molecule has 4 rings (SSSR count). The Kier molecular flexibility index (Phi) is 3.89. The maximum absolute atomic E-state index is 12.1. The summed E-state index contributed by atoms with van der Waals surface area (Å²) in [6.45, 7) is 0.121. The first-order valence-electron chi connectivity index (χ1n) is 7.94.